The number of carbonyl (C=O) groups excluding carboxylic acids is 1. The number of aryl methyl sites for hydroxylation is 2. The number of oxime groups is 1. The number of halogens is 5. The normalized spacial score (nSPS) is 18.2. The molecule has 194 valence electrons. The Kier molecular flexibility index (Phi) is 7.69. The summed E-state index contributed by atoms with van der Waals surface area (Å²) in [6.45, 7) is 3.55. The maximum atomic E-state index is 14.3. The highest BCUT2D eigenvalue weighted by atomic mass is 35.5. The number of nitrogens with zero attached hydrogens (tertiary/aromatic N) is 1. The van der Waals surface area contributed by atoms with E-state index in [1.165, 1.54) is 24.3 Å². The van der Waals surface area contributed by atoms with Gasteiger partial charge in [-0.15, -0.1) is 0 Å². The number of rotatable bonds is 6. The van der Waals surface area contributed by atoms with Crippen LogP contribution in [-0.4, -0.2) is 22.0 Å². The van der Waals surface area contributed by atoms with E-state index in [0.29, 0.717) is 22.4 Å². The van der Waals surface area contributed by atoms with Crippen LogP contribution in [0.4, 0.5) is 13.2 Å². The lowest BCUT2D eigenvalue weighted by atomic mass is 9.86. The number of amides is 1. The van der Waals surface area contributed by atoms with Gasteiger partial charge in [0, 0.05) is 27.6 Å². The highest BCUT2D eigenvalue weighted by Gasteiger charge is 2.62. The minimum Gasteiger partial charge on any atom is -0.374 e. The minimum absolute atomic E-state index is 0.0355. The first-order chi connectivity index (χ1) is 17.4. The average molecular weight is 569 g/mol. The van der Waals surface area contributed by atoms with Crippen LogP contribution in [0.5, 0.6) is 0 Å². The van der Waals surface area contributed by atoms with Gasteiger partial charge in [-0.1, -0.05) is 59.5 Å². The van der Waals surface area contributed by atoms with Gasteiger partial charge in [-0.25, -0.2) is 4.21 Å². The van der Waals surface area contributed by atoms with Crippen molar-refractivity contribution in [1.82, 2.24) is 4.72 Å². The number of benzene rings is 3. The Morgan fingerprint density at radius 1 is 1.11 bits per heavy atom. The molecule has 1 amide bonds. The molecule has 3 aromatic rings. The van der Waals surface area contributed by atoms with E-state index < -0.39 is 35.1 Å². The molecule has 37 heavy (non-hydrogen) atoms. The molecule has 1 N–H and O–H groups in total. The van der Waals surface area contributed by atoms with Gasteiger partial charge in [0.25, 0.3) is 11.5 Å². The molecule has 0 saturated carbocycles. The minimum atomic E-state index is -4.82. The third-order valence-corrected chi connectivity index (χ3v) is 7.66. The number of alkyl halides is 3. The summed E-state index contributed by atoms with van der Waals surface area (Å²) in [4.78, 5) is 18.4. The fourth-order valence-corrected chi connectivity index (χ4v) is 5.68. The van der Waals surface area contributed by atoms with Crippen molar-refractivity contribution in [2.24, 2.45) is 5.16 Å². The number of carbonyl (C=O) groups is 1. The van der Waals surface area contributed by atoms with E-state index in [1.54, 1.807) is 19.1 Å². The van der Waals surface area contributed by atoms with Crippen molar-refractivity contribution in [3.8, 4) is 0 Å². The summed E-state index contributed by atoms with van der Waals surface area (Å²) in [5.41, 5.74) is -1.08. The number of nitrogens with one attached hydrogen (secondary N) is 1. The van der Waals surface area contributed by atoms with Crippen LogP contribution in [0.2, 0.25) is 10.0 Å². The van der Waals surface area contributed by atoms with Crippen LogP contribution in [-0.2, 0) is 27.8 Å². The van der Waals surface area contributed by atoms with Gasteiger partial charge in [0.2, 0.25) is 0 Å². The van der Waals surface area contributed by atoms with Crippen molar-refractivity contribution >= 4 is 45.8 Å². The van der Waals surface area contributed by atoms with Crippen LogP contribution in [0.1, 0.15) is 46.0 Å². The molecule has 3 aromatic carbocycles. The molecule has 5 nitrogen and oxygen atoms in total. The Bertz CT molecular complexity index is 1410. The van der Waals surface area contributed by atoms with E-state index in [4.69, 9.17) is 28.0 Å². The molecule has 0 bridgehead atoms. The van der Waals surface area contributed by atoms with Crippen molar-refractivity contribution in [2.45, 2.75) is 43.4 Å². The molecule has 1 heterocycles. The summed E-state index contributed by atoms with van der Waals surface area (Å²) in [7, 11) is -1.78. The predicted molar refractivity (Wildman–Crippen MR) is 137 cm³/mol. The summed E-state index contributed by atoms with van der Waals surface area (Å²) in [5.74, 6) is -0.573. The van der Waals surface area contributed by atoms with Crippen molar-refractivity contribution in [2.75, 3.05) is 0 Å². The van der Waals surface area contributed by atoms with Gasteiger partial charge < -0.3 is 4.84 Å². The summed E-state index contributed by atoms with van der Waals surface area (Å²) in [6, 6.07) is 15.2. The van der Waals surface area contributed by atoms with Crippen LogP contribution >= 0.6 is 23.2 Å². The monoisotopic (exact) mass is 568 g/mol. The zero-order chi connectivity index (χ0) is 27.0. The predicted octanol–water partition coefficient (Wildman–Crippen LogP) is 6.90. The second kappa shape index (κ2) is 10.5. The van der Waals surface area contributed by atoms with Gasteiger partial charge in [0.1, 0.15) is 0 Å². The third kappa shape index (κ3) is 5.39. The van der Waals surface area contributed by atoms with Gasteiger partial charge in [-0.3, -0.25) is 9.52 Å². The smallest absolute Gasteiger partial charge is 0.374 e. The van der Waals surface area contributed by atoms with Crippen LogP contribution in [0.15, 0.2) is 70.7 Å². The topological polar surface area (TPSA) is 67.8 Å². The quantitative estimate of drug-likeness (QED) is 0.351. The van der Waals surface area contributed by atoms with E-state index in [9.17, 15) is 22.2 Å². The maximum absolute atomic E-state index is 14.3. The van der Waals surface area contributed by atoms with Crippen molar-refractivity contribution in [3.05, 3.63) is 98.5 Å². The van der Waals surface area contributed by atoms with Gasteiger partial charge in [-0.05, 0) is 66.4 Å². The second-order valence-electron chi connectivity index (χ2n) is 8.48. The molecule has 1 aliphatic rings. The molecule has 0 aromatic heterocycles. The Hall–Kier alpha value is -2.88. The fourth-order valence-electron chi connectivity index (χ4n) is 4.11. The summed E-state index contributed by atoms with van der Waals surface area (Å²) < 4.78 is 58.0. The first kappa shape index (κ1) is 27.2. The Labute approximate surface area is 224 Å². The van der Waals surface area contributed by atoms with Crippen LogP contribution in [0, 0.1) is 6.92 Å². The molecule has 0 saturated heterocycles. The molecular formula is C26H21Cl2F3N2O3S. The molecular weight excluding hydrogens is 548 g/mol. The highest BCUT2D eigenvalue weighted by molar-refractivity contribution is 7.83. The molecule has 11 heteroatoms. The first-order valence-electron chi connectivity index (χ1n) is 11.1. The highest BCUT2D eigenvalue weighted by Crippen LogP contribution is 2.49. The SMILES string of the molecule is CCc1ccccc1S(=O)NC(=O)c1ccc(C2=NOC(c3cc(Cl)cc(Cl)c3)(C(F)(F)F)C2)cc1C. The van der Waals surface area contributed by atoms with Crippen molar-refractivity contribution in [1.29, 1.82) is 0 Å². The first-order valence-corrected chi connectivity index (χ1v) is 13.1. The second-order valence-corrected chi connectivity index (χ2v) is 10.5. The zero-order valence-corrected chi connectivity index (χ0v) is 22.0. The Morgan fingerprint density at radius 3 is 2.41 bits per heavy atom. The lowest BCUT2D eigenvalue weighted by Gasteiger charge is -2.29. The summed E-state index contributed by atoms with van der Waals surface area (Å²) in [6.07, 6.45) is -4.79. The largest absolute Gasteiger partial charge is 0.435 e. The van der Waals surface area contributed by atoms with Crippen molar-refractivity contribution < 1.29 is 27.0 Å². The zero-order valence-electron chi connectivity index (χ0n) is 19.7. The van der Waals surface area contributed by atoms with E-state index in [2.05, 4.69) is 9.88 Å². The van der Waals surface area contributed by atoms with Gasteiger partial charge in [-0.2, -0.15) is 13.2 Å². The molecule has 0 spiro atoms. The molecule has 4 rings (SSSR count). The Balaban J connectivity index is 1.57. The van der Waals surface area contributed by atoms with Crippen LogP contribution in [0.25, 0.3) is 0 Å². The molecule has 0 aliphatic carbocycles. The summed E-state index contributed by atoms with van der Waals surface area (Å²) in [5, 5.41) is 3.82. The van der Waals surface area contributed by atoms with Gasteiger partial charge >= 0.3 is 6.18 Å². The molecule has 1 aliphatic heterocycles. The third-order valence-electron chi connectivity index (χ3n) is 6.06. The Morgan fingerprint density at radius 2 is 1.78 bits per heavy atom. The van der Waals surface area contributed by atoms with E-state index in [-0.39, 0.29) is 26.9 Å². The summed E-state index contributed by atoms with van der Waals surface area (Å²) >= 11 is 11.9. The molecule has 2 atom stereocenters. The number of hydrogen-bond donors (Lipinski definition) is 1. The van der Waals surface area contributed by atoms with Gasteiger partial charge in [0.15, 0.2) is 11.0 Å². The van der Waals surface area contributed by atoms with Crippen molar-refractivity contribution in [3.63, 3.8) is 0 Å². The van der Waals surface area contributed by atoms with Gasteiger partial charge in [0.05, 0.1) is 10.6 Å². The average Bonchev–Trinajstić information content (AvgIpc) is 3.30. The lowest BCUT2D eigenvalue weighted by Crippen LogP contribution is -2.42. The van der Waals surface area contributed by atoms with Crippen LogP contribution < -0.4 is 4.72 Å². The number of hydrogen-bond acceptors (Lipinski definition) is 4. The molecule has 0 fully saturated rings. The molecule has 2 unspecified atom stereocenters. The van der Waals surface area contributed by atoms with E-state index >= 15 is 0 Å². The van der Waals surface area contributed by atoms with E-state index in [0.717, 1.165) is 17.7 Å². The standard InChI is InChI=1S/C26H21Cl2F3N2O3S/c1-3-16-6-4-5-7-23(16)37(35)33-24(34)21-9-8-17(10-15(21)2)22-14-25(36-32-22,26(29,30)31)18-11-19(27)13-20(28)12-18/h4-13H,3,14H2,1-2H3,(H,33,34). The molecule has 0 radical (unpaired) electrons. The lowest BCUT2D eigenvalue weighted by molar-refractivity contribution is -0.275. The van der Waals surface area contributed by atoms with Crippen LogP contribution in [0.3, 0.4) is 0 Å². The van der Waals surface area contributed by atoms with E-state index in [1.807, 2.05) is 19.1 Å². The fraction of sp³-hybridized carbons (Fsp3) is 0.231. The maximum Gasteiger partial charge on any atom is 0.435 e.